The average Bonchev–Trinajstić information content (AvgIpc) is 3.32. The number of carbonyl (C=O) groups is 2. The minimum atomic E-state index is -1.44. The number of nitrogens with zero attached hydrogens (tertiary/aromatic N) is 2. The van der Waals surface area contributed by atoms with Crippen LogP contribution < -0.4 is 44.1 Å². The number of benzene rings is 3. The molecule has 0 atom stereocenters. The zero-order chi connectivity index (χ0) is 25.1. The van der Waals surface area contributed by atoms with Crippen molar-refractivity contribution in [2.45, 2.75) is 20.3 Å². The van der Waals surface area contributed by atoms with Crippen molar-refractivity contribution in [1.82, 2.24) is 8.75 Å². The summed E-state index contributed by atoms with van der Waals surface area (Å²) >= 11 is 1.03. The molecule has 0 radical (unpaired) electrons. The van der Waals surface area contributed by atoms with E-state index in [1.165, 1.54) is 14.2 Å². The molecule has 0 aliphatic heterocycles. The number of Topliss-reactive ketones (excluding diaryl/α,β-unsaturated/α-hetero) is 1. The van der Waals surface area contributed by atoms with E-state index in [1.807, 2.05) is 19.9 Å². The molecule has 0 saturated carbocycles. The second kappa shape index (κ2) is 11.8. The first kappa shape index (κ1) is 27.5. The molecule has 1 aromatic heterocycles. The van der Waals surface area contributed by atoms with Crippen LogP contribution in [-0.2, 0) is 11.2 Å². The molecule has 9 heteroatoms. The van der Waals surface area contributed by atoms with Crippen LogP contribution in [0.4, 0.5) is 0 Å². The Morgan fingerprint density at radius 2 is 1.53 bits per heavy atom. The maximum atomic E-state index is 13.8. The van der Waals surface area contributed by atoms with Crippen LogP contribution in [-0.4, -0.2) is 34.7 Å². The predicted octanol–water partition coefficient (Wildman–Crippen LogP) is 0.958. The van der Waals surface area contributed by atoms with Gasteiger partial charge in [-0.25, -0.2) is 0 Å². The monoisotopic (exact) mass is 510 g/mol. The summed E-state index contributed by atoms with van der Waals surface area (Å²) in [4.78, 5) is 26.3. The maximum absolute atomic E-state index is 13.8. The van der Waals surface area contributed by atoms with Gasteiger partial charge in [-0.1, -0.05) is 24.3 Å². The molecule has 0 amide bonds. The Morgan fingerprint density at radius 1 is 0.833 bits per heavy atom. The summed E-state index contributed by atoms with van der Waals surface area (Å²) < 4.78 is 19.1. The smallest absolute Gasteiger partial charge is 0.545 e. The quantitative estimate of drug-likeness (QED) is 0.198. The number of rotatable bonds is 8. The first-order chi connectivity index (χ1) is 16.8. The Balaban J connectivity index is 0.00000361. The molecule has 36 heavy (non-hydrogen) atoms. The fourth-order valence-corrected chi connectivity index (χ4v) is 4.40. The summed E-state index contributed by atoms with van der Waals surface area (Å²) in [5, 5.41) is 12.5. The van der Waals surface area contributed by atoms with Crippen molar-refractivity contribution < 1.29 is 53.7 Å². The second-order valence-electron chi connectivity index (χ2n) is 8.10. The first-order valence-electron chi connectivity index (χ1n) is 10.8. The molecule has 1 heterocycles. The number of aliphatic carboxylic acids is 1. The molecule has 0 fully saturated rings. The zero-order valence-electron chi connectivity index (χ0n) is 20.7. The fraction of sp³-hybridized carbons (Fsp3) is 0.185. The molecular formula is C27H23N2NaO5S. The van der Waals surface area contributed by atoms with Gasteiger partial charge in [0.2, 0.25) is 0 Å². The minimum absolute atomic E-state index is 0. The van der Waals surface area contributed by atoms with Gasteiger partial charge in [0.05, 0.1) is 31.9 Å². The van der Waals surface area contributed by atoms with E-state index in [2.05, 4.69) is 8.75 Å². The Morgan fingerprint density at radius 3 is 2.19 bits per heavy atom. The van der Waals surface area contributed by atoms with Gasteiger partial charge in [0.15, 0.2) is 17.3 Å². The molecule has 4 rings (SSSR count). The molecule has 0 aliphatic carbocycles. The van der Waals surface area contributed by atoms with E-state index in [9.17, 15) is 14.7 Å². The normalized spacial score (nSPS) is 11.4. The number of ketones is 1. The van der Waals surface area contributed by atoms with Crippen LogP contribution in [0.25, 0.3) is 16.6 Å². The largest absolute Gasteiger partial charge is 1.00 e. The predicted molar refractivity (Wildman–Crippen MR) is 133 cm³/mol. The van der Waals surface area contributed by atoms with E-state index in [0.29, 0.717) is 39.2 Å². The molecule has 0 aliphatic rings. The van der Waals surface area contributed by atoms with Crippen LogP contribution in [0.15, 0.2) is 60.2 Å². The van der Waals surface area contributed by atoms with E-state index in [-0.39, 0.29) is 47.1 Å². The third-order valence-electron chi connectivity index (χ3n) is 5.92. The van der Waals surface area contributed by atoms with Crippen molar-refractivity contribution in [2.75, 3.05) is 14.2 Å². The SMILES string of the molecule is COc1ccc(C/C(C(=O)c2ccc(C)c(C)c2)=C(\C(=O)[O-])c2ccc3nsnc3c2)cc1OC.[Na+]. The van der Waals surface area contributed by atoms with Gasteiger partial charge >= 0.3 is 29.6 Å². The molecule has 7 nitrogen and oxygen atoms in total. The Bertz CT molecular complexity index is 1480. The molecule has 0 saturated heterocycles. The summed E-state index contributed by atoms with van der Waals surface area (Å²) in [6.07, 6.45) is 0.0444. The van der Waals surface area contributed by atoms with Crippen molar-refractivity contribution in [3.05, 3.63) is 88.0 Å². The van der Waals surface area contributed by atoms with Gasteiger partial charge in [-0.15, -0.1) is 0 Å². The van der Waals surface area contributed by atoms with Gasteiger partial charge in [0, 0.05) is 23.1 Å². The first-order valence-corrected chi connectivity index (χ1v) is 11.6. The van der Waals surface area contributed by atoms with Gasteiger partial charge in [-0.05, 0) is 66.4 Å². The Labute approximate surface area is 235 Å². The molecule has 0 bridgehead atoms. The second-order valence-corrected chi connectivity index (χ2v) is 8.63. The summed E-state index contributed by atoms with van der Waals surface area (Å²) in [5.41, 5.74) is 4.51. The van der Waals surface area contributed by atoms with Crippen molar-refractivity contribution in [3.63, 3.8) is 0 Å². The number of carbonyl (C=O) groups excluding carboxylic acids is 2. The number of ether oxygens (including phenoxy) is 2. The maximum Gasteiger partial charge on any atom is 1.00 e. The summed E-state index contributed by atoms with van der Waals surface area (Å²) in [7, 11) is 3.05. The Kier molecular flexibility index (Phi) is 9.03. The number of aromatic nitrogens is 2. The Hall–Kier alpha value is -3.04. The van der Waals surface area contributed by atoms with Crippen molar-refractivity contribution in [3.8, 4) is 11.5 Å². The number of carboxylic acids is 1. The van der Waals surface area contributed by atoms with Gasteiger partial charge in [0.1, 0.15) is 11.0 Å². The van der Waals surface area contributed by atoms with Crippen molar-refractivity contribution in [1.29, 1.82) is 0 Å². The number of hydrogen-bond donors (Lipinski definition) is 0. The van der Waals surface area contributed by atoms with Gasteiger partial charge < -0.3 is 19.4 Å². The van der Waals surface area contributed by atoms with E-state index >= 15 is 0 Å². The topological polar surface area (TPSA) is 101 Å². The molecule has 178 valence electrons. The molecule has 4 aromatic rings. The minimum Gasteiger partial charge on any atom is -0.545 e. The van der Waals surface area contributed by atoms with Crippen LogP contribution in [0.3, 0.4) is 0 Å². The molecule has 0 N–H and O–H groups in total. The number of allylic oxidation sites excluding steroid dienone is 1. The van der Waals surface area contributed by atoms with E-state index in [1.54, 1.807) is 48.5 Å². The number of methoxy groups -OCH3 is 2. The van der Waals surface area contributed by atoms with E-state index < -0.39 is 11.8 Å². The number of fused-ring (bicyclic) bond motifs is 1. The fourth-order valence-electron chi connectivity index (χ4n) is 3.89. The summed E-state index contributed by atoms with van der Waals surface area (Å²) in [6, 6.07) is 15.5. The van der Waals surface area contributed by atoms with Crippen LogP contribution in [0, 0.1) is 13.8 Å². The van der Waals surface area contributed by atoms with Crippen molar-refractivity contribution >= 4 is 40.1 Å². The number of aryl methyl sites for hydroxylation is 2. The van der Waals surface area contributed by atoms with E-state index in [0.717, 1.165) is 22.9 Å². The van der Waals surface area contributed by atoms with Crippen LogP contribution in [0.5, 0.6) is 11.5 Å². The molecule has 3 aromatic carbocycles. The summed E-state index contributed by atoms with van der Waals surface area (Å²) in [6.45, 7) is 3.86. The van der Waals surface area contributed by atoms with Crippen LogP contribution >= 0.6 is 11.7 Å². The third-order valence-corrected chi connectivity index (χ3v) is 6.48. The van der Waals surface area contributed by atoms with Crippen molar-refractivity contribution in [2.24, 2.45) is 0 Å². The molecular weight excluding hydrogens is 487 g/mol. The van der Waals surface area contributed by atoms with E-state index in [4.69, 9.17) is 9.47 Å². The number of carboxylic acid groups (broad SMARTS) is 1. The third kappa shape index (κ3) is 5.68. The number of hydrogen-bond acceptors (Lipinski definition) is 8. The van der Waals surface area contributed by atoms with Gasteiger partial charge in [-0.3, -0.25) is 4.79 Å². The molecule has 0 spiro atoms. The zero-order valence-corrected chi connectivity index (χ0v) is 23.6. The van der Waals surface area contributed by atoms with Crippen LogP contribution in [0.2, 0.25) is 0 Å². The molecule has 0 unspecified atom stereocenters. The van der Waals surface area contributed by atoms with Crippen LogP contribution in [0.1, 0.15) is 32.6 Å². The van der Waals surface area contributed by atoms with Gasteiger partial charge in [0.25, 0.3) is 0 Å². The van der Waals surface area contributed by atoms with Gasteiger partial charge in [-0.2, -0.15) is 8.75 Å². The average molecular weight is 511 g/mol. The summed E-state index contributed by atoms with van der Waals surface area (Å²) in [5.74, 6) is -0.824. The standard InChI is InChI=1S/C27H24N2O5S.Na/c1-15-5-7-19(11-16(15)2)26(30)20(12-17-6-10-23(33-3)24(13-17)34-4)25(27(31)32)18-8-9-21-22(14-18)29-35-28-21;/h5-11,13-14H,12H2,1-4H3,(H,31,32);/q;+1/p-1/b25-20+;.